The van der Waals surface area contributed by atoms with Crippen LogP contribution in [0.2, 0.25) is 5.02 Å². The molecule has 0 atom stereocenters. The molecule has 2 rings (SSSR count). The summed E-state index contributed by atoms with van der Waals surface area (Å²) in [7, 11) is 0. The van der Waals surface area contributed by atoms with Crippen molar-refractivity contribution in [1.29, 1.82) is 0 Å². The van der Waals surface area contributed by atoms with Crippen molar-refractivity contribution in [3.05, 3.63) is 40.4 Å². The first kappa shape index (κ1) is 13.7. The van der Waals surface area contributed by atoms with Gasteiger partial charge in [-0.2, -0.15) is 5.10 Å². The number of aromatic carboxylic acids is 1. The summed E-state index contributed by atoms with van der Waals surface area (Å²) >= 11 is 6.31. The average Bonchev–Trinajstić information content (AvgIpc) is 2.96. The molecule has 0 amide bonds. The third-order valence-corrected chi connectivity index (χ3v) is 3.46. The number of aryl methyl sites for hydroxylation is 2. The van der Waals surface area contributed by atoms with Crippen molar-refractivity contribution in [2.75, 3.05) is 0 Å². The van der Waals surface area contributed by atoms with Gasteiger partial charge in [-0.05, 0) is 19.4 Å². The molecule has 2 aromatic heterocycles. The quantitative estimate of drug-likeness (QED) is 0.916. The lowest BCUT2D eigenvalue weighted by molar-refractivity contribution is 0.0697. The first-order valence-electron chi connectivity index (χ1n) is 6.19. The van der Waals surface area contributed by atoms with Crippen molar-refractivity contribution in [1.82, 2.24) is 14.3 Å². The Balaban J connectivity index is 2.31. The van der Waals surface area contributed by atoms with Gasteiger partial charge >= 0.3 is 5.97 Å². The monoisotopic (exact) mass is 281 g/mol. The number of hydrogen-bond acceptors (Lipinski definition) is 2. The Bertz CT molecular complexity index is 601. The lowest BCUT2D eigenvalue weighted by Crippen LogP contribution is -2.07. The SMILES string of the molecule is CCc1nn(CC)c(Cn2ccc(C(=O)O)c2)c1Cl. The highest BCUT2D eigenvalue weighted by atomic mass is 35.5. The van der Waals surface area contributed by atoms with Crippen LogP contribution in [-0.4, -0.2) is 25.4 Å². The summed E-state index contributed by atoms with van der Waals surface area (Å²) in [5.41, 5.74) is 2.06. The van der Waals surface area contributed by atoms with E-state index >= 15 is 0 Å². The molecule has 19 heavy (non-hydrogen) atoms. The number of carboxylic acid groups (broad SMARTS) is 1. The van der Waals surface area contributed by atoms with E-state index in [0.29, 0.717) is 11.6 Å². The predicted molar refractivity (Wildman–Crippen MR) is 72.8 cm³/mol. The summed E-state index contributed by atoms with van der Waals surface area (Å²) in [6, 6.07) is 1.57. The fraction of sp³-hybridized carbons (Fsp3) is 0.385. The standard InChI is InChI=1S/C13H16ClN3O2/c1-3-10-12(14)11(17(4-2)15-10)8-16-6-5-9(7-16)13(18)19/h5-7H,3-4,8H2,1-2H3,(H,18,19). The second-order valence-electron chi connectivity index (χ2n) is 4.25. The van der Waals surface area contributed by atoms with Crippen LogP contribution in [0.1, 0.15) is 35.6 Å². The first-order valence-corrected chi connectivity index (χ1v) is 6.57. The van der Waals surface area contributed by atoms with E-state index < -0.39 is 5.97 Å². The van der Waals surface area contributed by atoms with Crippen LogP contribution in [0, 0.1) is 0 Å². The number of hydrogen-bond donors (Lipinski definition) is 1. The molecule has 6 heteroatoms. The van der Waals surface area contributed by atoms with Gasteiger partial charge in [0.1, 0.15) is 0 Å². The summed E-state index contributed by atoms with van der Waals surface area (Å²) in [6.07, 6.45) is 4.11. The molecule has 0 fully saturated rings. The maximum absolute atomic E-state index is 10.9. The molecule has 0 radical (unpaired) electrons. The molecular formula is C13H16ClN3O2. The van der Waals surface area contributed by atoms with Crippen LogP contribution in [0.5, 0.6) is 0 Å². The van der Waals surface area contributed by atoms with Gasteiger partial charge < -0.3 is 9.67 Å². The summed E-state index contributed by atoms with van der Waals surface area (Å²) < 4.78 is 3.67. The van der Waals surface area contributed by atoms with E-state index in [2.05, 4.69) is 5.10 Å². The third kappa shape index (κ3) is 2.66. The van der Waals surface area contributed by atoms with Crippen LogP contribution in [0.25, 0.3) is 0 Å². The summed E-state index contributed by atoms with van der Waals surface area (Å²) in [4.78, 5) is 10.9. The molecule has 0 aliphatic carbocycles. The fourth-order valence-corrected chi connectivity index (χ4v) is 2.34. The zero-order chi connectivity index (χ0) is 14.0. The van der Waals surface area contributed by atoms with Crippen LogP contribution >= 0.6 is 11.6 Å². The van der Waals surface area contributed by atoms with Crippen LogP contribution in [0.15, 0.2) is 18.5 Å². The number of rotatable bonds is 5. The van der Waals surface area contributed by atoms with Crippen molar-refractivity contribution in [2.45, 2.75) is 33.4 Å². The molecule has 2 heterocycles. The average molecular weight is 282 g/mol. The van der Waals surface area contributed by atoms with E-state index in [-0.39, 0.29) is 5.56 Å². The molecule has 0 aliphatic heterocycles. The Morgan fingerprint density at radius 3 is 2.74 bits per heavy atom. The maximum atomic E-state index is 10.9. The highest BCUT2D eigenvalue weighted by molar-refractivity contribution is 6.31. The molecule has 0 aliphatic rings. The van der Waals surface area contributed by atoms with Crippen molar-refractivity contribution in [2.24, 2.45) is 0 Å². The molecule has 0 spiro atoms. The van der Waals surface area contributed by atoms with Crippen LogP contribution in [0.3, 0.4) is 0 Å². The minimum atomic E-state index is -0.928. The van der Waals surface area contributed by atoms with E-state index in [1.54, 1.807) is 23.0 Å². The normalized spacial score (nSPS) is 10.9. The Hall–Kier alpha value is -1.75. The topological polar surface area (TPSA) is 60.0 Å². The number of aromatic nitrogens is 3. The number of halogens is 1. The fourth-order valence-electron chi connectivity index (χ4n) is 2.01. The van der Waals surface area contributed by atoms with E-state index in [4.69, 9.17) is 16.7 Å². The highest BCUT2D eigenvalue weighted by Crippen LogP contribution is 2.22. The second-order valence-corrected chi connectivity index (χ2v) is 4.63. The van der Waals surface area contributed by atoms with Gasteiger partial charge in [0.25, 0.3) is 0 Å². The Kier molecular flexibility index (Phi) is 3.95. The molecule has 0 saturated carbocycles. The van der Waals surface area contributed by atoms with Gasteiger partial charge in [-0.15, -0.1) is 0 Å². The minimum Gasteiger partial charge on any atom is -0.478 e. The number of carbonyl (C=O) groups is 1. The zero-order valence-electron chi connectivity index (χ0n) is 10.9. The van der Waals surface area contributed by atoms with Crippen molar-refractivity contribution in [3.8, 4) is 0 Å². The van der Waals surface area contributed by atoms with Gasteiger partial charge in [0.05, 0.1) is 28.5 Å². The van der Waals surface area contributed by atoms with Crippen LogP contribution in [0.4, 0.5) is 0 Å². The molecule has 5 nitrogen and oxygen atoms in total. The van der Waals surface area contributed by atoms with Gasteiger partial charge in [-0.25, -0.2) is 4.79 Å². The smallest absolute Gasteiger partial charge is 0.337 e. The van der Waals surface area contributed by atoms with Gasteiger partial charge in [0, 0.05) is 18.9 Å². The van der Waals surface area contributed by atoms with Crippen molar-refractivity contribution in [3.63, 3.8) is 0 Å². The van der Waals surface area contributed by atoms with E-state index in [1.165, 1.54) is 0 Å². The Morgan fingerprint density at radius 1 is 1.47 bits per heavy atom. The summed E-state index contributed by atoms with van der Waals surface area (Å²) in [5, 5.41) is 14.0. The molecule has 0 aromatic carbocycles. The predicted octanol–water partition coefficient (Wildman–Crippen LogP) is 2.67. The highest BCUT2D eigenvalue weighted by Gasteiger charge is 2.15. The molecule has 102 valence electrons. The summed E-state index contributed by atoms with van der Waals surface area (Å²) in [6.45, 7) is 5.27. The second kappa shape index (κ2) is 5.48. The molecule has 0 unspecified atom stereocenters. The zero-order valence-corrected chi connectivity index (χ0v) is 11.7. The van der Waals surface area contributed by atoms with Gasteiger partial charge in [-0.1, -0.05) is 18.5 Å². The van der Waals surface area contributed by atoms with Gasteiger partial charge in [0.15, 0.2) is 0 Å². The molecule has 2 aromatic rings. The van der Waals surface area contributed by atoms with Crippen LogP contribution < -0.4 is 0 Å². The van der Waals surface area contributed by atoms with Gasteiger partial charge in [0.2, 0.25) is 0 Å². The maximum Gasteiger partial charge on any atom is 0.337 e. The number of nitrogens with zero attached hydrogens (tertiary/aromatic N) is 3. The lowest BCUT2D eigenvalue weighted by atomic mass is 10.3. The first-order chi connectivity index (χ1) is 9.06. The largest absolute Gasteiger partial charge is 0.478 e. The Labute approximate surface area is 116 Å². The molecule has 0 saturated heterocycles. The Morgan fingerprint density at radius 2 is 2.21 bits per heavy atom. The molecule has 1 N–H and O–H groups in total. The molecule has 0 bridgehead atoms. The third-order valence-electron chi connectivity index (χ3n) is 3.02. The van der Waals surface area contributed by atoms with Crippen molar-refractivity contribution >= 4 is 17.6 Å². The van der Waals surface area contributed by atoms with E-state index in [9.17, 15) is 4.79 Å². The van der Waals surface area contributed by atoms with Crippen molar-refractivity contribution < 1.29 is 9.90 Å². The number of carboxylic acids is 1. The minimum absolute atomic E-state index is 0.273. The van der Waals surface area contributed by atoms with Crippen LogP contribution in [-0.2, 0) is 19.5 Å². The molecular weight excluding hydrogens is 266 g/mol. The van der Waals surface area contributed by atoms with E-state index in [0.717, 1.165) is 24.4 Å². The van der Waals surface area contributed by atoms with E-state index in [1.807, 2.05) is 18.5 Å². The summed E-state index contributed by atoms with van der Waals surface area (Å²) in [5.74, 6) is -0.928. The van der Waals surface area contributed by atoms with Gasteiger partial charge in [-0.3, -0.25) is 4.68 Å². The lowest BCUT2D eigenvalue weighted by Gasteiger charge is -2.06.